The third kappa shape index (κ3) is 3.57. The third-order valence-electron chi connectivity index (χ3n) is 3.28. The minimum Gasteiger partial charge on any atom is -0.376 e. The number of urea groups is 1. The van der Waals surface area contributed by atoms with Gasteiger partial charge in [0.2, 0.25) is 12.2 Å². The first-order valence-corrected chi connectivity index (χ1v) is 6.84. The molecule has 7 heteroatoms. The van der Waals surface area contributed by atoms with E-state index in [9.17, 15) is 4.79 Å². The highest BCUT2D eigenvalue weighted by atomic mass is 16.5. The van der Waals surface area contributed by atoms with E-state index in [0.29, 0.717) is 18.1 Å². The van der Waals surface area contributed by atoms with Gasteiger partial charge in [0.15, 0.2) is 0 Å². The van der Waals surface area contributed by atoms with Crippen LogP contribution in [0.1, 0.15) is 12.8 Å². The molecule has 2 heterocycles. The molecule has 110 valence electrons. The first-order valence-electron chi connectivity index (χ1n) is 6.84. The Morgan fingerprint density at radius 1 is 1.33 bits per heavy atom. The molecule has 1 fully saturated rings. The van der Waals surface area contributed by atoms with Crippen molar-refractivity contribution in [3.05, 3.63) is 30.7 Å². The number of nitrogens with zero attached hydrogens (tertiary/aromatic N) is 2. The molecule has 0 bridgehead atoms. The lowest BCUT2D eigenvalue weighted by Gasteiger charge is -2.11. The fraction of sp³-hybridized carbons (Fsp3) is 0.357. The van der Waals surface area contributed by atoms with Crippen molar-refractivity contribution in [2.75, 3.05) is 18.5 Å². The summed E-state index contributed by atoms with van der Waals surface area (Å²) in [4.78, 5) is 15.7. The van der Waals surface area contributed by atoms with Crippen molar-refractivity contribution in [2.24, 2.45) is 0 Å². The molecule has 1 unspecified atom stereocenters. The van der Waals surface area contributed by atoms with Crippen LogP contribution in [-0.2, 0) is 4.74 Å². The fourth-order valence-corrected chi connectivity index (χ4v) is 2.19. The van der Waals surface area contributed by atoms with Gasteiger partial charge in [0.25, 0.3) is 0 Å². The van der Waals surface area contributed by atoms with Crippen molar-refractivity contribution < 1.29 is 14.1 Å². The summed E-state index contributed by atoms with van der Waals surface area (Å²) in [7, 11) is 0. The summed E-state index contributed by atoms with van der Waals surface area (Å²) in [5.74, 6) is 0.518. The maximum absolute atomic E-state index is 11.8. The summed E-state index contributed by atoms with van der Waals surface area (Å²) in [6, 6.07) is 6.98. The Bertz CT molecular complexity index is 577. The molecule has 0 spiro atoms. The Labute approximate surface area is 121 Å². The molecular weight excluding hydrogens is 272 g/mol. The normalized spacial score (nSPS) is 17.6. The Morgan fingerprint density at radius 2 is 2.19 bits per heavy atom. The molecule has 1 aromatic heterocycles. The van der Waals surface area contributed by atoms with E-state index < -0.39 is 0 Å². The number of hydrogen-bond acceptors (Lipinski definition) is 5. The number of amides is 2. The van der Waals surface area contributed by atoms with Crippen molar-refractivity contribution >= 4 is 11.7 Å². The minimum absolute atomic E-state index is 0.136. The lowest BCUT2D eigenvalue weighted by atomic mass is 10.2. The summed E-state index contributed by atoms with van der Waals surface area (Å²) in [5.41, 5.74) is 1.53. The molecule has 2 N–H and O–H groups in total. The molecule has 1 aliphatic rings. The van der Waals surface area contributed by atoms with E-state index in [4.69, 9.17) is 9.26 Å². The number of anilines is 1. The summed E-state index contributed by atoms with van der Waals surface area (Å²) < 4.78 is 10.1. The van der Waals surface area contributed by atoms with E-state index in [-0.39, 0.29) is 12.1 Å². The maximum Gasteiger partial charge on any atom is 0.319 e. The molecule has 0 aliphatic carbocycles. The van der Waals surface area contributed by atoms with E-state index in [2.05, 4.69) is 20.8 Å². The van der Waals surface area contributed by atoms with E-state index >= 15 is 0 Å². The highest BCUT2D eigenvalue weighted by Gasteiger charge is 2.16. The van der Waals surface area contributed by atoms with Crippen LogP contribution in [0.3, 0.4) is 0 Å². The van der Waals surface area contributed by atoms with Crippen LogP contribution < -0.4 is 10.6 Å². The first kappa shape index (κ1) is 13.6. The Morgan fingerprint density at radius 3 is 2.86 bits per heavy atom. The van der Waals surface area contributed by atoms with Gasteiger partial charge in [-0.05, 0) is 37.1 Å². The molecular formula is C14H16N4O3. The number of carbonyl (C=O) groups excluding carboxylic acids is 1. The van der Waals surface area contributed by atoms with Crippen LogP contribution in [0.2, 0.25) is 0 Å². The summed E-state index contributed by atoms with van der Waals surface area (Å²) in [6.07, 6.45) is 3.47. The zero-order valence-electron chi connectivity index (χ0n) is 11.4. The number of benzene rings is 1. The Hall–Kier alpha value is -2.41. The molecule has 0 saturated carbocycles. The topological polar surface area (TPSA) is 89.3 Å². The largest absolute Gasteiger partial charge is 0.376 e. The van der Waals surface area contributed by atoms with Crippen molar-refractivity contribution in [3.63, 3.8) is 0 Å². The highest BCUT2D eigenvalue weighted by molar-refractivity contribution is 5.89. The van der Waals surface area contributed by atoms with Crippen LogP contribution in [-0.4, -0.2) is 35.4 Å². The van der Waals surface area contributed by atoms with Crippen LogP contribution in [0, 0.1) is 0 Å². The van der Waals surface area contributed by atoms with Crippen molar-refractivity contribution in [3.8, 4) is 11.4 Å². The minimum atomic E-state index is -0.238. The molecule has 1 aromatic carbocycles. The Balaban J connectivity index is 1.51. The predicted octanol–water partition coefficient (Wildman–Crippen LogP) is 2.04. The van der Waals surface area contributed by atoms with Gasteiger partial charge in [-0.3, -0.25) is 0 Å². The van der Waals surface area contributed by atoms with Gasteiger partial charge in [-0.2, -0.15) is 4.98 Å². The zero-order chi connectivity index (χ0) is 14.5. The molecule has 3 rings (SSSR count). The Kier molecular flexibility index (Phi) is 4.11. The number of hydrogen-bond donors (Lipinski definition) is 2. The lowest BCUT2D eigenvalue weighted by Crippen LogP contribution is -2.34. The standard InChI is InChI=1S/C14H16N4O3/c19-14(15-8-12-2-1-7-20-12)17-11-5-3-10(4-6-11)13-16-9-21-18-13/h3-6,9,12H,1-2,7-8H2,(H2,15,17,19). The van der Waals surface area contributed by atoms with E-state index in [1.807, 2.05) is 12.1 Å². The number of ether oxygens (including phenoxy) is 1. The lowest BCUT2D eigenvalue weighted by molar-refractivity contribution is 0.112. The van der Waals surface area contributed by atoms with Gasteiger partial charge >= 0.3 is 6.03 Å². The molecule has 7 nitrogen and oxygen atoms in total. The number of rotatable bonds is 4. The maximum atomic E-state index is 11.8. The first-order chi connectivity index (χ1) is 10.3. The van der Waals surface area contributed by atoms with Crippen LogP contribution in [0.5, 0.6) is 0 Å². The molecule has 21 heavy (non-hydrogen) atoms. The quantitative estimate of drug-likeness (QED) is 0.898. The van der Waals surface area contributed by atoms with Gasteiger partial charge in [0, 0.05) is 24.4 Å². The van der Waals surface area contributed by atoms with Crippen LogP contribution in [0.15, 0.2) is 35.2 Å². The van der Waals surface area contributed by atoms with Crippen molar-refractivity contribution in [1.29, 1.82) is 0 Å². The van der Waals surface area contributed by atoms with Gasteiger partial charge in [-0.25, -0.2) is 4.79 Å². The SMILES string of the molecule is O=C(NCC1CCCO1)Nc1ccc(-c2ncon2)cc1. The molecule has 2 amide bonds. The van der Waals surface area contributed by atoms with Crippen molar-refractivity contribution in [1.82, 2.24) is 15.5 Å². The second-order valence-corrected chi connectivity index (χ2v) is 4.80. The summed E-state index contributed by atoms with van der Waals surface area (Å²) in [6.45, 7) is 1.32. The summed E-state index contributed by atoms with van der Waals surface area (Å²) >= 11 is 0. The van der Waals surface area contributed by atoms with E-state index in [1.54, 1.807) is 12.1 Å². The van der Waals surface area contributed by atoms with Crippen LogP contribution in [0.25, 0.3) is 11.4 Å². The average molecular weight is 288 g/mol. The molecule has 1 saturated heterocycles. The van der Waals surface area contributed by atoms with E-state index in [1.165, 1.54) is 6.39 Å². The monoisotopic (exact) mass is 288 g/mol. The average Bonchev–Trinajstić information content (AvgIpc) is 3.19. The summed E-state index contributed by atoms with van der Waals surface area (Å²) in [5, 5.41) is 9.32. The van der Waals surface area contributed by atoms with Gasteiger partial charge < -0.3 is 19.9 Å². The molecule has 1 atom stereocenters. The molecule has 0 radical (unpaired) electrons. The predicted molar refractivity (Wildman–Crippen MR) is 75.7 cm³/mol. The smallest absolute Gasteiger partial charge is 0.319 e. The van der Waals surface area contributed by atoms with Gasteiger partial charge in [-0.15, -0.1) is 0 Å². The number of carbonyl (C=O) groups is 1. The zero-order valence-corrected chi connectivity index (χ0v) is 11.4. The second kappa shape index (κ2) is 6.36. The van der Waals surface area contributed by atoms with Crippen LogP contribution >= 0.6 is 0 Å². The molecule has 1 aliphatic heterocycles. The highest BCUT2D eigenvalue weighted by Crippen LogP contribution is 2.17. The number of nitrogens with one attached hydrogen (secondary N) is 2. The van der Waals surface area contributed by atoms with Gasteiger partial charge in [-0.1, -0.05) is 5.16 Å². The van der Waals surface area contributed by atoms with E-state index in [0.717, 1.165) is 25.0 Å². The van der Waals surface area contributed by atoms with Crippen molar-refractivity contribution in [2.45, 2.75) is 18.9 Å². The van der Waals surface area contributed by atoms with Gasteiger partial charge in [0.1, 0.15) is 0 Å². The fourth-order valence-electron chi connectivity index (χ4n) is 2.19. The number of aromatic nitrogens is 2. The van der Waals surface area contributed by atoms with Gasteiger partial charge in [0.05, 0.1) is 6.10 Å². The molecule has 2 aromatic rings. The second-order valence-electron chi connectivity index (χ2n) is 4.80. The third-order valence-corrected chi connectivity index (χ3v) is 3.28. The van der Waals surface area contributed by atoms with Crippen LogP contribution in [0.4, 0.5) is 10.5 Å².